The molecule has 0 radical (unpaired) electrons. The molecular formula is C10H11BrOS. The fraction of sp³-hybridized carbons (Fsp3) is 0.500. The van der Waals surface area contributed by atoms with E-state index in [0.717, 1.165) is 23.7 Å². The molecule has 1 nitrogen and oxygen atoms in total. The van der Waals surface area contributed by atoms with Crippen molar-refractivity contribution in [1.29, 1.82) is 0 Å². The maximum atomic E-state index is 11.6. The maximum Gasteiger partial charge on any atom is 0.141 e. The average molecular weight is 259 g/mol. The molecule has 0 bridgehead atoms. The number of thiophene rings is 1. The second-order valence-corrected chi connectivity index (χ2v) is 5.20. The van der Waals surface area contributed by atoms with E-state index < -0.39 is 0 Å². The van der Waals surface area contributed by atoms with E-state index in [-0.39, 0.29) is 5.92 Å². The molecule has 1 aromatic rings. The number of carbonyl (C=O) groups is 1. The Kier molecular flexibility index (Phi) is 2.84. The molecule has 2 rings (SSSR count). The van der Waals surface area contributed by atoms with Crippen molar-refractivity contribution in [2.75, 3.05) is 0 Å². The van der Waals surface area contributed by atoms with Gasteiger partial charge in [-0.3, -0.25) is 4.79 Å². The number of halogens is 1. The predicted molar refractivity (Wildman–Crippen MR) is 58.2 cm³/mol. The topological polar surface area (TPSA) is 17.1 Å². The molecule has 1 aliphatic rings. The van der Waals surface area contributed by atoms with Gasteiger partial charge >= 0.3 is 0 Å². The van der Waals surface area contributed by atoms with E-state index >= 15 is 0 Å². The summed E-state index contributed by atoms with van der Waals surface area (Å²) in [6.07, 6.45) is 4.09. The van der Waals surface area contributed by atoms with Crippen LogP contribution in [0.5, 0.6) is 0 Å². The summed E-state index contributed by atoms with van der Waals surface area (Å²) < 4.78 is 1.11. The highest BCUT2D eigenvalue weighted by atomic mass is 79.9. The highest BCUT2D eigenvalue weighted by Crippen LogP contribution is 2.37. The van der Waals surface area contributed by atoms with Crippen LogP contribution in [0.4, 0.5) is 0 Å². The van der Waals surface area contributed by atoms with Gasteiger partial charge in [-0.1, -0.05) is 6.42 Å². The molecule has 1 unspecified atom stereocenters. The van der Waals surface area contributed by atoms with Gasteiger partial charge in [-0.2, -0.15) is 0 Å². The van der Waals surface area contributed by atoms with E-state index in [1.54, 1.807) is 11.3 Å². The summed E-state index contributed by atoms with van der Waals surface area (Å²) in [5.74, 6) is 0.609. The van der Waals surface area contributed by atoms with Gasteiger partial charge in [0.15, 0.2) is 0 Å². The maximum absolute atomic E-state index is 11.6. The average Bonchev–Trinajstić information content (AvgIpc) is 2.52. The van der Waals surface area contributed by atoms with Gasteiger partial charge in [-0.25, -0.2) is 0 Å². The van der Waals surface area contributed by atoms with Crippen molar-refractivity contribution >= 4 is 33.0 Å². The lowest BCUT2D eigenvalue weighted by Gasteiger charge is -2.19. The van der Waals surface area contributed by atoms with Crippen LogP contribution in [0.3, 0.4) is 0 Å². The second-order valence-electron chi connectivity index (χ2n) is 3.40. The third-order valence-corrected chi connectivity index (χ3v) is 4.50. The Morgan fingerprint density at radius 1 is 1.46 bits per heavy atom. The number of Topliss-reactive ketones (excluding diaryl/α,β-unsaturated/α-hetero) is 1. The summed E-state index contributed by atoms with van der Waals surface area (Å²) in [6.45, 7) is 0. The van der Waals surface area contributed by atoms with Gasteiger partial charge in [0, 0.05) is 15.8 Å². The lowest BCUT2D eigenvalue weighted by molar-refractivity contribution is -0.121. The van der Waals surface area contributed by atoms with Crippen molar-refractivity contribution in [3.05, 3.63) is 20.8 Å². The van der Waals surface area contributed by atoms with E-state index in [2.05, 4.69) is 15.9 Å². The minimum absolute atomic E-state index is 0.183. The first-order valence-electron chi connectivity index (χ1n) is 4.54. The zero-order chi connectivity index (χ0) is 9.26. The zero-order valence-electron chi connectivity index (χ0n) is 7.25. The molecule has 0 spiro atoms. The molecule has 0 aliphatic heterocycles. The predicted octanol–water partition coefficient (Wildman–Crippen LogP) is 3.74. The first-order chi connectivity index (χ1) is 6.29. The van der Waals surface area contributed by atoms with Crippen LogP contribution < -0.4 is 0 Å². The summed E-state index contributed by atoms with van der Waals surface area (Å²) >= 11 is 5.18. The molecule has 1 fully saturated rings. The number of hydrogen-bond donors (Lipinski definition) is 0. The van der Waals surface area contributed by atoms with Crippen LogP contribution >= 0.6 is 27.3 Å². The third kappa shape index (κ3) is 1.86. The Labute approximate surface area is 90.3 Å². The van der Waals surface area contributed by atoms with Crippen LogP contribution in [0, 0.1) is 0 Å². The van der Waals surface area contributed by atoms with Crippen molar-refractivity contribution in [3.8, 4) is 0 Å². The Morgan fingerprint density at radius 3 is 2.92 bits per heavy atom. The van der Waals surface area contributed by atoms with E-state index in [1.165, 1.54) is 11.3 Å². The Balaban J connectivity index is 2.24. The van der Waals surface area contributed by atoms with Crippen LogP contribution in [0.1, 0.15) is 36.5 Å². The molecule has 1 saturated carbocycles. The molecule has 13 heavy (non-hydrogen) atoms. The SMILES string of the molecule is O=C1CCCCC1c1sccc1Br. The quantitative estimate of drug-likeness (QED) is 0.750. The molecule has 0 aromatic carbocycles. The minimum atomic E-state index is 0.183. The lowest BCUT2D eigenvalue weighted by Crippen LogP contribution is -2.16. The van der Waals surface area contributed by atoms with Gasteiger partial charge < -0.3 is 0 Å². The van der Waals surface area contributed by atoms with Gasteiger partial charge in [-0.15, -0.1) is 11.3 Å². The molecule has 0 saturated heterocycles. The van der Waals surface area contributed by atoms with Gasteiger partial charge in [0.2, 0.25) is 0 Å². The number of hydrogen-bond acceptors (Lipinski definition) is 2. The monoisotopic (exact) mass is 258 g/mol. The molecule has 0 amide bonds. The Bertz CT molecular complexity index is 318. The molecule has 1 heterocycles. The largest absolute Gasteiger partial charge is 0.299 e. The van der Waals surface area contributed by atoms with Gasteiger partial charge in [0.05, 0.1) is 5.92 Å². The highest BCUT2D eigenvalue weighted by Gasteiger charge is 2.26. The van der Waals surface area contributed by atoms with E-state index in [9.17, 15) is 4.79 Å². The summed E-state index contributed by atoms with van der Waals surface area (Å²) in [5.41, 5.74) is 0. The molecular weight excluding hydrogens is 248 g/mol. The lowest BCUT2D eigenvalue weighted by atomic mass is 9.87. The summed E-state index contributed by atoms with van der Waals surface area (Å²) in [4.78, 5) is 12.9. The number of rotatable bonds is 1. The fourth-order valence-corrected chi connectivity index (χ4v) is 3.62. The smallest absolute Gasteiger partial charge is 0.141 e. The number of ketones is 1. The Morgan fingerprint density at radius 2 is 2.31 bits per heavy atom. The van der Waals surface area contributed by atoms with E-state index in [1.807, 2.05) is 11.4 Å². The van der Waals surface area contributed by atoms with Crippen molar-refractivity contribution < 1.29 is 4.79 Å². The third-order valence-electron chi connectivity index (χ3n) is 2.52. The fourth-order valence-electron chi connectivity index (χ4n) is 1.81. The Hall–Kier alpha value is -0.150. The van der Waals surface area contributed by atoms with Crippen molar-refractivity contribution in [1.82, 2.24) is 0 Å². The molecule has 3 heteroatoms. The van der Waals surface area contributed by atoms with Gasteiger partial charge in [0.25, 0.3) is 0 Å². The minimum Gasteiger partial charge on any atom is -0.299 e. The van der Waals surface area contributed by atoms with Crippen molar-refractivity contribution in [3.63, 3.8) is 0 Å². The van der Waals surface area contributed by atoms with Crippen LogP contribution in [-0.2, 0) is 4.79 Å². The number of carbonyl (C=O) groups excluding carboxylic acids is 1. The molecule has 1 aliphatic carbocycles. The van der Waals surface area contributed by atoms with Crippen molar-refractivity contribution in [2.24, 2.45) is 0 Å². The molecule has 1 atom stereocenters. The second kappa shape index (κ2) is 3.93. The first kappa shape index (κ1) is 9.41. The standard InChI is InChI=1S/C10H11BrOS/c11-8-5-6-13-10(8)7-3-1-2-4-9(7)12/h5-7H,1-4H2. The van der Waals surface area contributed by atoms with Crippen molar-refractivity contribution in [2.45, 2.75) is 31.6 Å². The van der Waals surface area contributed by atoms with Crippen LogP contribution in [0.15, 0.2) is 15.9 Å². The molecule has 70 valence electrons. The zero-order valence-corrected chi connectivity index (χ0v) is 9.66. The summed E-state index contributed by atoms with van der Waals surface area (Å²) in [6, 6.07) is 2.03. The van der Waals surface area contributed by atoms with Crippen LogP contribution in [0.2, 0.25) is 0 Å². The first-order valence-corrected chi connectivity index (χ1v) is 6.22. The van der Waals surface area contributed by atoms with Gasteiger partial charge in [-0.05, 0) is 40.2 Å². The van der Waals surface area contributed by atoms with E-state index in [4.69, 9.17) is 0 Å². The normalized spacial score (nSPS) is 23.5. The summed E-state index contributed by atoms with van der Waals surface area (Å²) in [7, 11) is 0. The molecule has 0 N–H and O–H groups in total. The van der Waals surface area contributed by atoms with Crippen LogP contribution in [-0.4, -0.2) is 5.78 Å². The van der Waals surface area contributed by atoms with Crippen LogP contribution in [0.25, 0.3) is 0 Å². The van der Waals surface area contributed by atoms with E-state index in [0.29, 0.717) is 5.78 Å². The molecule has 1 aromatic heterocycles. The van der Waals surface area contributed by atoms with Gasteiger partial charge in [0.1, 0.15) is 5.78 Å². The summed E-state index contributed by atoms with van der Waals surface area (Å²) in [5, 5.41) is 2.04. The highest BCUT2D eigenvalue weighted by molar-refractivity contribution is 9.10.